The summed E-state index contributed by atoms with van der Waals surface area (Å²) in [7, 11) is 0. The van der Waals surface area contributed by atoms with Gasteiger partial charge >= 0.3 is 0 Å². The van der Waals surface area contributed by atoms with E-state index in [2.05, 4.69) is 29.6 Å². The molecule has 0 saturated carbocycles. The van der Waals surface area contributed by atoms with E-state index in [0.717, 1.165) is 22.4 Å². The van der Waals surface area contributed by atoms with E-state index in [-0.39, 0.29) is 5.92 Å². The van der Waals surface area contributed by atoms with Gasteiger partial charge < -0.3 is 20.3 Å². The molecule has 4 heteroatoms. The van der Waals surface area contributed by atoms with Gasteiger partial charge in [0.2, 0.25) is 0 Å². The van der Waals surface area contributed by atoms with Gasteiger partial charge in [-0.3, -0.25) is 0 Å². The fraction of sp³-hybridized carbons (Fsp3) is 0.308. The Labute approximate surface area is 178 Å². The van der Waals surface area contributed by atoms with Gasteiger partial charge in [0.25, 0.3) is 0 Å². The lowest BCUT2D eigenvalue weighted by molar-refractivity contribution is -0.0987. The van der Waals surface area contributed by atoms with E-state index < -0.39 is 11.7 Å². The van der Waals surface area contributed by atoms with E-state index in [1.807, 2.05) is 60.7 Å². The summed E-state index contributed by atoms with van der Waals surface area (Å²) >= 11 is 0. The van der Waals surface area contributed by atoms with Crippen LogP contribution in [0.3, 0.4) is 0 Å². The molecule has 3 atom stereocenters. The van der Waals surface area contributed by atoms with Crippen molar-refractivity contribution in [3.05, 3.63) is 102 Å². The van der Waals surface area contributed by atoms with Crippen molar-refractivity contribution in [3.63, 3.8) is 0 Å². The third-order valence-corrected chi connectivity index (χ3v) is 5.98. The van der Waals surface area contributed by atoms with Crippen molar-refractivity contribution in [3.8, 4) is 5.75 Å². The molecule has 4 nitrogen and oxygen atoms in total. The standard InChI is InChI=1S/C26H29NO3/c28-25-18-27-16-15-26(25,29)17-24(21-9-5-2-6-10-21)22-11-13-23(14-12-22)30-19-20-7-3-1-4-8-20/h1-14,24-25,27-29H,15-19H2/t24?,25-,26+/m1/s1. The molecule has 3 N–H and O–H groups in total. The Hall–Kier alpha value is -2.66. The van der Waals surface area contributed by atoms with Crippen LogP contribution in [0.25, 0.3) is 0 Å². The average Bonchev–Trinajstić information content (AvgIpc) is 2.80. The number of aliphatic hydroxyl groups is 2. The first kappa shape index (κ1) is 20.6. The lowest BCUT2D eigenvalue weighted by Gasteiger charge is -2.40. The SMILES string of the molecule is O[C@@H]1CNCC[C@]1(O)CC(c1ccccc1)c1ccc(OCc2ccccc2)cc1. The first-order valence-corrected chi connectivity index (χ1v) is 10.6. The summed E-state index contributed by atoms with van der Waals surface area (Å²) in [5.74, 6) is 0.808. The Morgan fingerprint density at radius 2 is 1.53 bits per heavy atom. The molecular formula is C26H29NO3. The van der Waals surface area contributed by atoms with Crippen molar-refractivity contribution in [1.29, 1.82) is 0 Å². The van der Waals surface area contributed by atoms with Crippen LogP contribution < -0.4 is 10.1 Å². The number of nitrogens with one attached hydrogen (secondary N) is 1. The first-order valence-electron chi connectivity index (χ1n) is 10.6. The van der Waals surface area contributed by atoms with E-state index >= 15 is 0 Å². The fourth-order valence-corrected chi connectivity index (χ4v) is 4.14. The highest BCUT2D eigenvalue weighted by Crippen LogP contribution is 2.37. The third-order valence-electron chi connectivity index (χ3n) is 5.98. The lowest BCUT2D eigenvalue weighted by Crippen LogP contribution is -2.54. The van der Waals surface area contributed by atoms with Crippen LogP contribution in [0, 0.1) is 0 Å². The van der Waals surface area contributed by atoms with Crippen LogP contribution >= 0.6 is 0 Å². The minimum Gasteiger partial charge on any atom is -0.489 e. The van der Waals surface area contributed by atoms with Crippen LogP contribution in [0.15, 0.2) is 84.9 Å². The quantitative estimate of drug-likeness (QED) is 0.560. The van der Waals surface area contributed by atoms with Gasteiger partial charge in [0.05, 0.1) is 11.7 Å². The Bertz CT molecular complexity index is 914. The summed E-state index contributed by atoms with van der Waals surface area (Å²) in [6.07, 6.45) is 0.241. The number of aliphatic hydroxyl groups excluding tert-OH is 1. The average molecular weight is 404 g/mol. The molecule has 0 spiro atoms. The van der Waals surface area contributed by atoms with Crippen molar-refractivity contribution in [1.82, 2.24) is 5.32 Å². The van der Waals surface area contributed by atoms with Gasteiger partial charge in [-0.05, 0) is 48.2 Å². The number of piperidine rings is 1. The fourth-order valence-electron chi connectivity index (χ4n) is 4.14. The zero-order valence-corrected chi connectivity index (χ0v) is 17.1. The predicted molar refractivity (Wildman–Crippen MR) is 119 cm³/mol. The Kier molecular flexibility index (Phi) is 6.48. The molecule has 0 amide bonds. The molecular weight excluding hydrogens is 374 g/mol. The van der Waals surface area contributed by atoms with Crippen LogP contribution in [-0.2, 0) is 6.61 Å². The van der Waals surface area contributed by atoms with E-state index in [0.29, 0.717) is 32.5 Å². The highest BCUT2D eigenvalue weighted by atomic mass is 16.5. The molecule has 1 saturated heterocycles. The van der Waals surface area contributed by atoms with E-state index in [9.17, 15) is 10.2 Å². The molecule has 1 fully saturated rings. The highest BCUT2D eigenvalue weighted by Gasteiger charge is 2.40. The second kappa shape index (κ2) is 9.43. The van der Waals surface area contributed by atoms with Crippen LogP contribution in [0.5, 0.6) is 5.75 Å². The number of hydrogen-bond acceptors (Lipinski definition) is 4. The largest absolute Gasteiger partial charge is 0.489 e. The van der Waals surface area contributed by atoms with Gasteiger partial charge in [-0.1, -0.05) is 72.8 Å². The van der Waals surface area contributed by atoms with E-state index in [4.69, 9.17) is 4.74 Å². The van der Waals surface area contributed by atoms with E-state index in [1.54, 1.807) is 0 Å². The second-order valence-corrected chi connectivity index (χ2v) is 8.08. The van der Waals surface area contributed by atoms with Crippen molar-refractivity contribution in [2.45, 2.75) is 37.1 Å². The van der Waals surface area contributed by atoms with Crippen molar-refractivity contribution >= 4 is 0 Å². The first-order chi connectivity index (χ1) is 14.6. The van der Waals surface area contributed by atoms with Crippen LogP contribution in [-0.4, -0.2) is 35.0 Å². The molecule has 1 aliphatic heterocycles. The van der Waals surface area contributed by atoms with Gasteiger partial charge in [0.15, 0.2) is 0 Å². The normalized spacial score (nSPS) is 22.4. The van der Waals surface area contributed by atoms with Gasteiger partial charge in [-0.2, -0.15) is 0 Å². The summed E-state index contributed by atoms with van der Waals surface area (Å²) in [6.45, 7) is 1.66. The maximum absolute atomic E-state index is 11.2. The molecule has 1 aliphatic rings. The molecule has 0 aliphatic carbocycles. The van der Waals surface area contributed by atoms with Gasteiger partial charge in [-0.25, -0.2) is 0 Å². The van der Waals surface area contributed by atoms with Crippen molar-refractivity contribution in [2.24, 2.45) is 0 Å². The molecule has 0 aromatic heterocycles. The maximum Gasteiger partial charge on any atom is 0.119 e. The molecule has 1 unspecified atom stereocenters. The van der Waals surface area contributed by atoms with Crippen LogP contribution in [0.1, 0.15) is 35.4 Å². The van der Waals surface area contributed by atoms with Crippen LogP contribution in [0.4, 0.5) is 0 Å². The van der Waals surface area contributed by atoms with Crippen LogP contribution in [0.2, 0.25) is 0 Å². The number of rotatable bonds is 7. The number of β-amino-alcohol motifs (C(OH)–C–C–N with tert-alkyl or cyclic N) is 1. The third kappa shape index (κ3) is 4.90. The maximum atomic E-state index is 11.2. The van der Waals surface area contributed by atoms with E-state index in [1.165, 1.54) is 0 Å². The second-order valence-electron chi connectivity index (χ2n) is 8.08. The minimum atomic E-state index is -1.10. The molecule has 4 rings (SSSR count). The molecule has 3 aromatic rings. The molecule has 0 radical (unpaired) electrons. The Morgan fingerprint density at radius 1 is 0.900 bits per heavy atom. The predicted octanol–water partition coefficient (Wildman–Crippen LogP) is 3.87. The molecule has 3 aromatic carbocycles. The number of hydrogen-bond donors (Lipinski definition) is 3. The van der Waals surface area contributed by atoms with Gasteiger partial charge in [0, 0.05) is 12.5 Å². The number of ether oxygens (including phenoxy) is 1. The van der Waals surface area contributed by atoms with Crippen molar-refractivity contribution in [2.75, 3.05) is 13.1 Å². The topological polar surface area (TPSA) is 61.7 Å². The molecule has 1 heterocycles. The smallest absolute Gasteiger partial charge is 0.119 e. The summed E-state index contributed by atoms with van der Waals surface area (Å²) < 4.78 is 5.92. The Morgan fingerprint density at radius 3 is 2.20 bits per heavy atom. The molecule has 30 heavy (non-hydrogen) atoms. The zero-order chi connectivity index (χ0) is 20.8. The van der Waals surface area contributed by atoms with Crippen molar-refractivity contribution < 1.29 is 14.9 Å². The zero-order valence-electron chi connectivity index (χ0n) is 17.1. The number of benzene rings is 3. The summed E-state index contributed by atoms with van der Waals surface area (Å²) in [4.78, 5) is 0. The minimum absolute atomic E-state index is 0.00729. The molecule has 156 valence electrons. The van der Waals surface area contributed by atoms with Gasteiger partial charge in [-0.15, -0.1) is 0 Å². The summed E-state index contributed by atoms with van der Waals surface area (Å²) in [6, 6.07) is 28.4. The summed E-state index contributed by atoms with van der Waals surface area (Å²) in [5, 5.41) is 24.8. The Balaban J connectivity index is 1.53. The lowest BCUT2D eigenvalue weighted by atomic mass is 9.76. The summed E-state index contributed by atoms with van der Waals surface area (Å²) in [5.41, 5.74) is 2.27. The highest BCUT2D eigenvalue weighted by molar-refractivity contribution is 5.37. The molecule has 0 bridgehead atoms. The monoisotopic (exact) mass is 403 g/mol. The van der Waals surface area contributed by atoms with Gasteiger partial charge in [0.1, 0.15) is 12.4 Å².